The van der Waals surface area contributed by atoms with Crippen LogP contribution in [0.2, 0.25) is 0 Å². The third kappa shape index (κ3) is 3.97. The molecule has 0 aliphatic heterocycles. The molecule has 0 saturated carbocycles. The van der Waals surface area contributed by atoms with Crippen LogP contribution in [0.3, 0.4) is 0 Å². The molecular weight excluding hydrogens is 252 g/mol. The van der Waals surface area contributed by atoms with Gasteiger partial charge in [-0.25, -0.2) is 13.1 Å². The second-order valence-electron chi connectivity index (χ2n) is 4.87. The fraction of sp³-hybridized carbons (Fsp3) is 0.500. The van der Waals surface area contributed by atoms with Gasteiger partial charge in [-0.15, -0.1) is 0 Å². The van der Waals surface area contributed by atoms with E-state index >= 15 is 0 Å². The topological polar surface area (TPSA) is 81.4 Å². The van der Waals surface area contributed by atoms with Crippen molar-refractivity contribution in [2.45, 2.75) is 18.7 Å². The average Bonchev–Trinajstić information content (AvgIpc) is 2.37. The largest absolute Gasteiger partial charge is 0.497 e. The van der Waals surface area contributed by atoms with Crippen molar-refractivity contribution >= 4 is 10.0 Å². The van der Waals surface area contributed by atoms with Crippen molar-refractivity contribution in [1.29, 1.82) is 0 Å². The van der Waals surface area contributed by atoms with E-state index in [9.17, 15) is 8.42 Å². The lowest BCUT2D eigenvalue weighted by Gasteiger charge is -2.22. The van der Waals surface area contributed by atoms with Crippen LogP contribution >= 0.6 is 0 Å². The van der Waals surface area contributed by atoms with Crippen LogP contribution in [-0.4, -0.2) is 28.6 Å². The molecule has 0 heterocycles. The molecule has 0 saturated heterocycles. The minimum absolute atomic E-state index is 0.219. The molecule has 0 aliphatic rings. The Morgan fingerprint density at radius 2 is 1.83 bits per heavy atom. The molecule has 0 spiro atoms. The molecular formula is C12H20N2O3S. The third-order valence-electron chi connectivity index (χ3n) is 2.66. The van der Waals surface area contributed by atoms with Crippen molar-refractivity contribution in [3.63, 3.8) is 0 Å². The first kappa shape index (κ1) is 14.9. The summed E-state index contributed by atoms with van der Waals surface area (Å²) in [6, 6.07) is 6.25. The Labute approximate surface area is 108 Å². The first-order chi connectivity index (χ1) is 8.30. The zero-order valence-electron chi connectivity index (χ0n) is 10.9. The van der Waals surface area contributed by atoms with Gasteiger partial charge in [0.25, 0.3) is 0 Å². The Balaban J connectivity index is 2.80. The number of sulfonamides is 1. The highest BCUT2D eigenvalue weighted by atomic mass is 32.2. The van der Waals surface area contributed by atoms with Crippen LogP contribution in [0.25, 0.3) is 0 Å². The standard InChI is InChI=1S/C12H20N2O3S/c1-12(2,8-13)9-14-18(15,16)11-6-4-10(17-3)5-7-11/h4-7,14H,8-9,13H2,1-3H3. The number of methoxy groups -OCH3 is 1. The summed E-state index contributed by atoms with van der Waals surface area (Å²) < 4.78 is 31.5. The van der Waals surface area contributed by atoms with E-state index in [0.29, 0.717) is 18.8 Å². The van der Waals surface area contributed by atoms with Gasteiger partial charge in [-0.05, 0) is 36.2 Å². The molecule has 0 bridgehead atoms. The number of hydrogen-bond donors (Lipinski definition) is 2. The number of hydrogen-bond acceptors (Lipinski definition) is 4. The van der Waals surface area contributed by atoms with Crippen molar-refractivity contribution in [2.24, 2.45) is 11.1 Å². The highest BCUT2D eigenvalue weighted by molar-refractivity contribution is 7.89. The van der Waals surface area contributed by atoms with Crippen molar-refractivity contribution in [2.75, 3.05) is 20.2 Å². The van der Waals surface area contributed by atoms with Crippen LogP contribution < -0.4 is 15.2 Å². The Bertz CT molecular complexity index is 481. The van der Waals surface area contributed by atoms with Gasteiger partial charge in [0.2, 0.25) is 10.0 Å². The average molecular weight is 272 g/mol. The first-order valence-corrected chi connectivity index (χ1v) is 7.13. The maximum atomic E-state index is 12.0. The van der Waals surface area contributed by atoms with Crippen LogP contribution in [0.5, 0.6) is 5.75 Å². The van der Waals surface area contributed by atoms with E-state index in [1.807, 2.05) is 13.8 Å². The third-order valence-corrected chi connectivity index (χ3v) is 4.08. The number of benzene rings is 1. The molecule has 102 valence electrons. The molecule has 0 amide bonds. The molecule has 1 rings (SSSR count). The lowest BCUT2D eigenvalue weighted by atomic mass is 9.95. The van der Waals surface area contributed by atoms with E-state index in [1.54, 1.807) is 12.1 Å². The Morgan fingerprint density at radius 1 is 1.28 bits per heavy atom. The molecule has 0 unspecified atom stereocenters. The van der Waals surface area contributed by atoms with E-state index in [1.165, 1.54) is 19.2 Å². The summed E-state index contributed by atoms with van der Waals surface area (Å²) in [5.41, 5.74) is 5.30. The number of ether oxygens (including phenoxy) is 1. The lowest BCUT2D eigenvalue weighted by molar-refractivity contribution is 0.376. The summed E-state index contributed by atoms with van der Waals surface area (Å²) in [4.78, 5) is 0.219. The summed E-state index contributed by atoms with van der Waals surface area (Å²) in [6.45, 7) is 4.53. The number of nitrogens with one attached hydrogen (secondary N) is 1. The maximum Gasteiger partial charge on any atom is 0.240 e. The van der Waals surface area contributed by atoms with Gasteiger partial charge in [0.05, 0.1) is 12.0 Å². The number of rotatable bonds is 6. The number of nitrogens with two attached hydrogens (primary N) is 1. The van der Waals surface area contributed by atoms with Crippen LogP contribution in [0.1, 0.15) is 13.8 Å². The quantitative estimate of drug-likeness (QED) is 0.808. The zero-order valence-corrected chi connectivity index (χ0v) is 11.8. The van der Waals surface area contributed by atoms with Crippen molar-refractivity contribution < 1.29 is 13.2 Å². The van der Waals surface area contributed by atoms with E-state index < -0.39 is 10.0 Å². The summed E-state index contributed by atoms with van der Waals surface area (Å²) in [7, 11) is -1.96. The first-order valence-electron chi connectivity index (χ1n) is 5.64. The molecule has 1 aromatic carbocycles. The molecule has 0 aromatic heterocycles. The minimum atomic E-state index is -3.49. The van der Waals surface area contributed by atoms with Gasteiger partial charge in [-0.2, -0.15) is 0 Å². The van der Waals surface area contributed by atoms with Crippen LogP contribution in [0.15, 0.2) is 29.2 Å². The van der Waals surface area contributed by atoms with Crippen LogP contribution in [-0.2, 0) is 10.0 Å². The van der Waals surface area contributed by atoms with Gasteiger partial charge in [-0.3, -0.25) is 0 Å². The summed E-state index contributed by atoms with van der Waals surface area (Å²) >= 11 is 0. The molecule has 5 nitrogen and oxygen atoms in total. The van der Waals surface area contributed by atoms with Crippen LogP contribution in [0, 0.1) is 5.41 Å². The predicted octanol–water partition coefficient (Wildman–Crippen LogP) is 0.958. The maximum absolute atomic E-state index is 12.0. The summed E-state index contributed by atoms with van der Waals surface area (Å²) in [6.07, 6.45) is 0. The van der Waals surface area contributed by atoms with E-state index in [4.69, 9.17) is 10.5 Å². The molecule has 0 fully saturated rings. The zero-order chi connectivity index (χ0) is 13.8. The molecule has 6 heteroatoms. The van der Waals surface area contributed by atoms with Crippen LogP contribution in [0.4, 0.5) is 0 Å². The molecule has 0 radical (unpaired) electrons. The van der Waals surface area contributed by atoms with Gasteiger partial charge in [0.15, 0.2) is 0 Å². The van der Waals surface area contributed by atoms with E-state index in [-0.39, 0.29) is 10.3 Å². The molecule has 1 aromatic rings. The smallest absolute Gasteiger partial charge is 0.240 e. The molecule has 18 heavy (non-hydrogen) atoms. The van der Waals surface area contributed by atoms with Gasteiger partial charge >= 0.3 is 0 Å². The second-order valence-corrected chi connectivity index (χ2v) is 6.64. The van der Waals surface area contributed by atoms with Gasteiger partial charge in [0, 0.05) is 6.54 Å². The molecule has 0 aliphatic carbocycles. The highest BCUT2D eigenvalue weighted by Crippen LogP contribution is 2.17. The second kappa shape index (κ2) is 5.69. The van der Waals surface area contributed by atoms with Crippen molar-refractivity contribution in [1.82, 2.24) is 4.72 Å². The van der Waals surface area contributed by atoms with Crippen molar-refractivity contribution in [3.05, 3.63) is 24.3 Å². The predicted molar refractivity (Wildman–Crippen MR) is 71.0 cm³/mol. The molecule has 0 atom stereocenters. The van der Waals surface area contributed by atoms with Gasteiger partial charge in [0.1, 0.15) is 5.75 Å². The fourth-order valence-corrected chi connectivity index (χ4v) is 2.44. The summed E-state index contributed by atoms with van der Waals surface area (Å²) in [5.74, 6) is 0.622. The monoisotopic (exact) mass is 272 g/mol. The van der Waals surface area contributed by atoms with E-state index in [0.717, 1.165) is 0 Å². The minimum Gasteiger partial charge on any atom is -0.497 e. The SMILES string of the molecule is COc1ccc(S(=O)(=O)NCC(C)(C)CN)cc1. The fourth-order valence-electron chi connectivity index (χ4n) is 1.20. The van der Waals surface area contributed by atoms with Crippen molar-refractivity contribution in [3.8, 4) is 5.75 Å². The normalized spacial score (nSPS) is 12.4. The highest BCUT2D eigenvalue weighted by Gasteiger charge is 2.20. The Kier molecular flexibility index (Phi) is 4.72. The molecule has 3 N–H and O–H groups in total. The Hall–Kier alpha value is -1.11. The summed E-state index contributed by atoms with van der Waals surface area (Å²) in [5, 5.41) is 0. The van der Waals surface area contributed by atoms with E-state index in [2.05, 4.69) is 4.72 Å². The lowest BCUT2D eigenvalue weighted by Crippen LogP contribution is -2.38. The van der Waals surface area contributed by atoms with Gasteiger partial charge < -0.3 is 10.5 Å². The van der Waals surface area contributed by atoms with Gasteiger partial charge in [-0.1, -0.05) is 13.8 Å². The Morgan fingerprint density at radius 3 is 2.28 bits per heavy atom.